The largest absolute Gasteiger partial charge is 0.310 e. The number of halogens is 2. The molecule has 0 radical (unpaired) electrons. The summed E-state index contributed by atoms with van der Waals surface area (Å²) >= 11 is 9.97. The Bertz CT molecular complexity index is 34.6. The van der Waals surface area contributed by atoms with E-state index in [1.165, 1.54) is 0 Å². The highest BCUT2D eigenvalue weighted by atomic mass is 35.5. The molecule has 0 bridgehead atoms. The summed E-state index contributed by atoms with van der Waals surface area (Å²) < 4.78 is 0. The molecule has 5 heavy (non-hydrogen) atoms. The molecule has 0 rings (SSSR count). The van der Waals surface area contributed by atoms with E-state index in [0.717, 1.165) is 6.21 Å². The molecule has 0 aromatic heterocycles. The Hall–Kier alpha value is 0.250. The standard InChI is InChI=1S/C2H3Cl2N/c3-2(4)1-5/h1-2,5H. The number of alkyl halides is 2. The molecule has 0 fully saturated rings. The molecule has 3 heteroatoms. The van der Waals surface area contributed by atoms with Gasteiger partial charge in [0.25, 0.3) is 0 Å². The van der Waals surface area contributed by atoms with Gasteiger partial charge in [-0.3, -0.25) is 0 Å². The van der Waals surface area contributed by atoms with E-state index in [2.05, 4.69) is 0 Å². The van der Waals surface area contributed by atoms with Gasteiger partial charge in [-0.1, -0.05) is 23.2 Å². The molecule has 0 aliphatic heterocycles. The number of rotatable bonds is 1. The van der Waals surface area contributed by atoms with E-state index >= 15 is 0 Å². The molecule has 0 aliphatic carbocycles. The fourth-order valence-electron chi connectivity index (χ4n) is 0. The molecule has 0 unspecified atom stereocenters. The highest BCUT2D eigenvalue weighted by Gasteiger charge is 1.82. The van der Waals surface area contributed by atoms with Crippen LogP contribution in [0.15, 0.2) is 0 Å². The zero-order valence-corrected chi connectivity index (χ0v) is 3.92. The van der Waals surface area contributed by atoms with Crippen LogP contribution in [0.25, 0.3) is 0 Å². The van der Waals surface area contributed by atoms with Crippen LogP contribution in [0.3, 0.4) is 0 Å². The summed E-state index contributed by atoms with van der Waals surface area (Å²) in [6.45, 7) is 0. The molecule has 0 atom stereocenters. The molecule has 30 valence electrons. The minimum atomic E-state index is -0.630. The van der Waals surface area contributed by atoms with E-state index in [4.69, 9.17) is 28.6 Å². The maximum Gasteiger partial charge on any atom is 0.142 e. The van der Waals surface area contributed by atoms with E-state index < -0.39 is 4.84 Å². The lowest BCUT2D eigenvalue weighted by Gasteiger charge is -1.76. The van der Waals surface area contributed by atoms with Crippen LogP contribution >= 0.6 is 23.2 Å². The van der Waals surface area contributed by atoms with Crippen LogP contribution in [-0.2, 0) is 0 Å². The van der Waals surface area contributed by atoms with Crippen molar-refractivity contribution in [1.29, 1.82) is 5.41 Å². The zero-order chi connectivity index (χ0) is 4.28. The van der Waals surface area contributed by atoms with E-state index in [9.17, 15) is 0 Å². The van der Waals surface area contributed by atoms with Crippen molar-refractivity contribution < 1.29 is 0 Å². The molecular weight excluding hydrogens is 109 g/mol. The predicted molar refractivity (Wildman–Crippen MR) is 24.3 cm³/mol. The van der Waals surface area contributed by atoms with Crippen LogP contribution < -0.4 is 0 Å². The van der Waals surface area contributed by atoms with Crippen LogP contribution in [0.1, 0.15) is 0 Å². The summed E-state index contributed by atoms with van der Waals surface area (Å²) in [7, 11) is 0. The van der Waals surface area contributed by atoms with Crippen molar-refractivity contribution in [2.24, 2.45) is 0 Å². The molecule has 0 aromatic rings. The quantitative estimate of drug-likeness (QED) is 0.392. The Labute approximate surface area is 40.4 Å². The third-order valence-corrected chi connectivity index (χ3v) is 0.378. The second kappa shape index (κ2) is 2.49. The number of nitrogens with one attached hydrogen (secondary N) is 1. The van der Waals surface area contributed by atoms with Crippen LogP contribution in [0, 0.1) is 5.41 Å². The molecule has 0 saturated heterocycles. The minimum Gasteiger partial charge on any atom is -0.310 e. The molecule has 0 heterocycles. The average Bonchev–Trinajstić information content (AvgIpc) is 1.38. The fraction of sp³-hybridized carbons (Fsp3) is 0.500. The second-order valence-electron chi connectivity index (χ2n) is 0.501. The highest BCUT2D eigenvalue weighted by molar-refractivity contribution is 6.51. The molecule has 1 nitrogen and oxygen atoms in total. The van der Waals surface area contributed by atoms with Crippen LogP contribution in [0.2, 0.25) is 0 Å². The first kappa shape index (κ1) is 5.25. The summed E-state index contributed by atoms with van der Waals surface area (Å²) in [6, 6.07) is 0. The van der Waals surface area contributed by atoms with Crippen molar-refractivity contribution in [3.63, 3.8) is 0 Å². The van der Waals surface area contributed by atoms with Crippen molar-refractivity contribution >= 4 is 29.4 Å². The number of hydrogen-bond donors (Lipinski definition) is 1. The summed E-state index contributed by atoms with van der Waals surface area (Å²) in [5, 5.41) is 6.27. The van der Waals surface area contributed by atoms with Crippen molar-refractivity contribution in [3.05, 3.63) is 0 Å². The maximum atomic E-state index is 6.27. The van der Waals surface area contributed by atoms with E-state index in [1.807, 2.05) is 0 Å². The molecule has 0 aliphatic rings. The van der Waals surface area contributed by atoms with Crippen LogP contribution in [-0.4, -0.2) is 11.1 Å². The summed E-state index contributed by atoms with van der Waals surface area (Å²) in [5.74, 6) is 0. The van der Waals surface area contributed by atoms with E-state index in [-0.39, 0.29) is 0 Å². The first-order chi connectivity index (χ1) is 2.27. The molecule has 0 aromatic carbocycles. The Morgan fingerprint density at radius 3 is 1.80 bits per heavy atom. The van der Waals surface area contributed by atoms with Gasteiger partial charge in [-0.2, -0.15) is 0 Å². The van der Waals surface area contributed by atoms with Gasteiger partial charge in [0.1, 0.15) is 4.84 Å². The summed E-state index contributed by atoms with van der Waals surface area (Å²) in [6.07, 6.45) is 0.948. The Kier molecular flexibility index (Phi) is 2.61. The van der Waals surface area contributed by atoms with Gasteiger partial charge in [0.2, 0.25) is 0 Å². The first-order valence-corrected chi connectivity index (χ1v) is 1.93. The molecule has 1 N–H and O–H groups in total. The summed E-state index contributed by atoms with van der Waals surface area (Å²) in [4.78, 5) is -0.630. The topological polar surface area (TPSA) is 23.9 Å². The van der Waals surface area contributed by atoms with E-state index in [1.54, 1.807) is 0 Å². The number of hydrogen-bond acceptors (Lipinski definition) is 1. The normalized spacial score (nSPS) is 8.60. The van der Waals surface area contributed by atoms with Gasteiger partial charge in [0.15, 0.2) is 0 Å². The van der Waals surface area contributed by atoms with Crippen LogP contribution in [0.4, 0.5) is 0 Å². The molecule has 0 amide bonds. The van der Waals surface area contributed by atoms with Gasteiger partial charge in [-0.25, -0.2) is 0 Å². The lowest BCUT2D eigenvalue weighted by Crippen LogP contribution is -1.80. The van der Waals surface area contributed by atoms with Crippen molar-refractivity contribution in [1.82, 2.24) is 0 Å². The lowest BCUT2D eigenvalue weighted by atomic mass is 10.9. The monoisotopic (exact) mass is 111 g/mol. The highest BCUT2D eigenvalue weighted by Crippen LogP contribution is 1.93. The van der Waals surface area contributed by atoms with Gasteiger partial charge < -0.3 is 5.41 Å². The van der Waals surface area contributed by atoms with Gasteiger partial charge in [0, 0.05) is 6.21 Å². The van der Waals surface area contributed by atoms with Crippen molar-refractivity contribution in [2.45, 2.75) is 4.84 Å². The smallest absolute Gasteiger partial charge is 0.142 e. The summed E-state index contributed by atoms with van der Waals surface area (Å²) in [5.41, 5.74) is 0. The predicted octanol–water partition coefficient (Wildman–Crippen LogP) is 1.44. The minimum absolute atomic E-state index is 0.630. The molecular formula is C2H3Cl2N. The average molecular weight is 112 g/mol. The van der Waals surface area contributed by atoms with Gasteiger partial charge in [-0.05, 0) is 0 Å². The SMILES string of the molecule is N=CC(Cl)Cl. The van der Waals surface area contributed by atoms with Gasteiger partial charge in [-0.15, -0.1) is 0 Å². The first-order valence-electron chi connectivity index (χ1n) is 1.06. The third-order valence-electron chi connectivity index (χ3n) is 0.126. The third kappa shape index (κ3) is 4.25. The second-order valence-corrected chi connectivity index (χ2v) is 1.66. The fourth-order valence-corrected chi connectivity index (χ4v) is 0. The Morgan fingerprint density at radius 2 is 1.80 bits per heavy atom. The molecule has 0 saturated carbocycles. The van der Waals surface area contributed by atoms with Crippen molar-refractivity contribution in [2.75, 3.05) is 0 Å². The van der Waals surface area contributed by atoms with Crippen LogP contribution in [0.5, 0.6) is 0 Å². The maximum absolute atomic E-state index is 6.27. The lowest BCUT2D eigenvalue weighted by molar-refractivity contribution is 1.52. The zero-order valence-electron chi connectivity index (χ0n) is 2.41. The molecule has 0 spiro atoms. The Balaban J connectivity index is 2.83. The Morgan fingerprint density at radius 1 is 1.60 bits per heavy atom. The van der Waals surface area contributed by atoms with E-state index in [0.29, 0.717) is 0 Å². The van der Waals surface area contributed by atoms with Crippen molar-refractivity contribution in [3.8, 4) is 0 Å². The van der Waals surface area contributed by atoms with Gasteiger partial charge in [0.05, 0.1) is 0 Å². The van der Waals surface area contributed by atoms with Gasteiger partial charge >= 0.3 is 0 Å².